The van der Waals surface area contributed by atoms with Crippen LogP contribution in [0.1, 0.15) is 0 Å². The van der Waals surface area contributed by atoms with Gasteiger partial charge in [0, 0.05) is 6.20 Å². The third-order valence-electron chi connectivity index (χ3n) is 0.797. The quantitative estimate of drug-likeness (QED) is 0.425. The minimum Gasteiger partial charge on any atom is -0.503 e. The Hall–Kier alpha value is -1.18. The Morgan fingerprint density at radius 2 is 1.92 bits per heavy atom. The molecule has 0 bridgehead atoms. The van der Waals surface area contributed by atoms with E-state index in [4.69, 9.17) is 18.4 Å². The SMILES string of the molecule is O=S(O)O.O=c1[nH]cccc1O. The molecule has 0 aliphatic rings. The van der Waals surface area contributed by atoms with Crippen molar-refractivity contribution in [2.24, 2.45) is 0 Å². The Morgan fingerprint density at radius 3 is 2.17 bits per heavy atom. The van der Waals surface area contributed by atoms with Gasteiger partial charge in [-0.3, -0.25) is 13.9 Å². The van der Waals surface area contributed by atoms with Crippen molar-refractivity contribution in [1.29, 1.82) is 0 Å². The van der Waals surface area contributed by atoms with E-state index in [1.807, 2.05) is 0 Å². The fourth-order valence-electron chi connectivity index (χ4n) is 0.413. The zero-order valence-corrected chi connectivity index (χ0v) is 6.61. The van der Waals surface area contributed by atoms with E-state index in [9.17, 15) is 4.79 Å². The van der Waals surface area contributed by atoms with Gasteiger partial charge in [-0.2, -0.15) is 4.21 Å². The van der Waals surface area contributed by atoms with Gasteiger partial charge in [-0.05, 0) is 12.1 Å². The number of nitrogens with one attached hydrogen (secondary N) is 1. The molecule has 0 atom stereocenters. The smallest absolute Gasteiger partial charge is 0.299 e. The predicted molar refractivity (Wildman–Crippen MR) is 42.1 cm³/mol. The van der Waals surface area contributed by atoms with Crippen LogP contribution in [0.3, 0.4) is 0 Å². The highest BCUT2D eigenvalue weighted by Crippen LogP contribution is 1.92. The molecule has 68 valence electrons. The molecule has 1 aromatic heterocycles. The molecule has 1 heterocycles. The molecule has 0 amide bonds. The van der Waals surface area contributed by atoms with Crippen molar-refractivity contribution in [3.05, 3.63) is 28.7 Å². The van der Waals surface area contributed by atoms with Crippen LogP contribution < -0.4 is 5.56 Å². The monoisotopic (exact) mass is 193 g/mol. The first-order valence-corrected chi connectivity index (χ1v) is 3.77. The summed E-state index contributed by atoms with van der Waals surface area (Å²) < 4.78 is 22.8. The maximum atomic E-state index is 10.3. The summed E-state index contributed by atoms with van der Waals surface area (Å²) in [5.74, 6) is -0.243. The fourth-order valence-corrected chi connectivity index (χ4v) is 0.413. The van der Waals surface area contributed by atoms with Gasteiger partial charge >= 0.3 is 0 Å². The second-order valence-corrected chi connectivity index (χ2v) is 2.08. The number of aromatic hydroxyl groups is 1. The highest BCUT2D eigenvalue weighted by molar-refractivity contribution is 7.73. The summed E-state index contributed by atoms with van der Waals surface area (Å²) >= 11 is -2.61. The van der Waals surface area contributed by atoms with Gasteiger partial charge in [0.05, 0.1) is 0 Å². The van der Waals surface area contributed by atoms with Crippen LogP contribution in [0.2, 0.25) is 0 Å². The summed E-state index contributed by atoms with van der Waals surface area (Å²) in [6.45, 7) is 0. The second kappa shape index (κ2) is 5.47. The zero-order chi connectivity index (χ0) is 9.56. The van der Waals surface area contributed by atoms with Gasteiger partial charge in [-0.1, -0.05) is 0 Å². The van der Waals surface area contributed by atoms with Crippen molar-refractivity contribution in [3.63, 3.8) is 0 Å². The number of aromatic amines is 1. The molecule has 7 heteroatoms. The minimum atomic E-state index is -2.61. The molecule has 0 aliphatic carbocycles. The van der Waals surface area contributed by atoms with Gasteiger partial charge in [0.1, 0.15) is 0 Å². The largest absolute Gasteiger partial charge is 0.503 e. The number of H-pyrrole nitrogens is 1. The molecular formula is C5H7NO5S. The average molecular weight is 193 g/mol. The normalized spacial score (nSPS) is 8.92. The fraction of sp³-hybridized carbons (Fsp3) is 0. The summed E-state index contributed by atoms with van der Waals surface area (Å²) in [4.78, 5) is 12.6. The van der Waals surface area contributed by atoms with Gasteiger partial charge in [-0.15, -0.1) is 0 Å². The maximum absolute atomic E-state index is 10.3. The van der Waals surface area contributed by atoms with Gasteiger partial charge in [0.25, 0.3) is 16.9 Å². The van der Waals surface area contributed by atoms with Crippen LogP contribution in [0, 0.1) is 0 Å². The molecule has 0 unspecified atom stereocenters. The standard InChI is InChI=1S/C5H5NO2.H2O3S/c7-4-2-1-3-6-5(4)8;1-4(2)3/h1-3,7H,(H,6,8);(H2,1,2,3). The third-order valence-corrected chi connectivity index (χ3v) is 0.797. The lowest BCUT2D eigenvalue weighted by atomic mass is 10.5. The van der Waals surface area contributed by atoms with E-state index in [0.717, 1.165) is 0 Å². The molecule has 12 heavy (non-hydrogen) atoms. The van der Waals surface area contributed by atoms with E-state index in [1.165, 1.54) is 12.3 Å². The van der Waals surface area contributed by atoms with Crippen molar-refractivity contribution < 1.29 is 18.4 Å². The minimum absolute atomic E-state index is 0.243. The first-order chi connectivity index (χ1) is 5.54. The lowest BCUT2D eigenvalue weighted by Crippen LogP contribution is -2.01. The predicted octanol–water partition coefficient (Wildman–Crippen LogP) is -0.238. The first-order valence-electron chi connectivity index (χ1n) is 2.70. The molecule has 1 aromatic rings. The maximum Gasteiger partial charge on any atom is 0.299 e. The van der Waals surface area contributed by atoms with Crippen molar-refractivity contribution in [2.75, 3.05) is 0 Å². The molecule has 0 aromatic carbocycles. The summed E-state index contributed by atoms with van der Waals surface area (Å²) in [5.41, 5.74) is -0.451. The summed E-state index contributed by atoms with van der Waals surface area (Å²) in [6.07, 6.45) is 1.46. The molecule has 4 N–H and O–H groups in total. The Bertz CT molecular complexity index is 305. The van der Waals surface area contributed by atoms with Crippen molar-refractivity contribution >= 4 is 11.4 Å². The molecular weight excluding hydrogens is 186 g/mol. The second-order valence-electron chi connectivity index (χ2n) is 1.62. The Balaban J connectivity index is 0.000000261. The first kappa shape index (κ1) is 10.8. The third kappa shape index (κ3) is 5.59. The van der Waals surface area contributed by atoms with E-state index in [0.29, 0.717) is 0 Å². The molecule has 0 aliphatic heterocycles. The highest BCUT2D eigenvalue weighted by atomic mass is 32.2. The number of aromatic nitrogens is 1. The molecule has 1 rings (SSSR count). The van der Waals surface area contributed by atoms with E-state index in [1.54, 1.807) is 6.07 Å². The molecule has 0 saturated carbocycles. The van der Waals surface area contributed by atoms with E-state index >= 15 is 0 Å². The number of hydrogen-bond donors (Lipinski definition) is 4. The van der Waals surface area contributed by atoms with Gasteiger partial charge in [0.15, 0.2) is 5.75 Å². The van der Waals surface area contributed by atoms with Crippen LogP contribution in [0.25, 0.3) is 0 Å². The summed E-state index contributed by atoms with van der Waals surface area (Å²) in [5, 5.41) is 8.58. The van der Waals surface area contributed by atoms with Crippen molar-refractivity contribution in [2.45, 2.75) is 0 Å². The van der Waals surface area contributed by atoms with E-state index in [-0.39, 0.29) is 5.75 Å². The molecule has 0 spiro atoms. The zero-order valence-electron chi connectivity index (χ0n) is 5.80. The van der Waals surface area contributed by atoms with E-state index < -0.39 is 16.9 Å². The van der Waals surface area contributed by atoms with Crippen molar-refractivity contribution in [3.8, 4) is 5.75 Å². The Labute approximate surface area is 70.0 Å². The van der Waals surface area contributed by atoms with Gasteiger partial charge in [0.2, 0.25) is 0 Å². The Morgan fingerprint density at radius 1 is 1.42 bits per heavy atom. The lowest BCUT2D eigenvalue weighted by Gasteiger charge is -1.83. The molecule has 0 radical (unpaired) electrons. The summed E-state index contributed by atoms with van der Waals surface area (Å²) in [7, 11) is 0. The molecule has 6 nitrogen and oxygen atoms in total. The van der Waals surface area contributed by atoms with Crippen LogP contribution in [0.5, 0.6) is 5.75 Å². The topological polar surface area (TPSA) is 111 Å². The van der Waals surface area contributed by atoms with E-state index in [2.05, 4.69) is 4.98 Å². The van der Waals surface area contributed by atoms with Crippen LogP contribution >= 0.6 is 0 Å². The lowest BCUT2D eigenvalue weighted by molar-refractivity contribution is 0.454. The molecule has 0 fully saturated rings. The van der Waals surface area contributed by atoms with Crippen LogP contribution in [-0.2, 0) is 11.4 Å². The summed E-state index contributed by atoms with van der Waals surface area (Å²) in [6, 6.07) is 2.88. The van der Waals surface area contributed by atoms with Crippen LogP contribution in [-0.4, -0.2) is 23.4 Å². The van der Waals surface area contributed by atoms with Crippen LogP contribution in [0.15, 0.2) is 23.1 Å². The molecule has 0 saturated heterocycles. The number of rotatable bonds is 0. The number of hydrogen-bond acceptors (Lipinski definition) is 3. The Kier molecular flexibility index (Phi) is 4.93. The van der Waals surface area contributed by atoms with Crippen molar-refractivity contribution in [1.82, 2.24) is 4.98 Å². The van der Waals surface area contributed by atoms with Gasteiger partial charge < -0.3 is 10.1 Å². The highest BCUT2D eigenvalue weighted by Gasteiger charge is 1.87. The van der Waals surface area contributed by atoms with Crippen LogP contribution in [0.4, 0.5) is 0 Å². The van der Waals surface area contributed by atoms with Gasteiger partial charge in [-0.25, -0.2) is 0 Å². The average Bonchev–Trinajstić information content (AvgIpc) is 1.94. The number of pyridine rings is 1.